The van der Waals surface area contributed by atoms with Crippen molar-refractivity contribution in [3.8, 4) is 0 Å². The average molecular weight is 357 g/mol. The first kappa shape index (κ1) is 17.8. The minimum absolute atomic E-state index is 0.0405. The number of pyridine rings is 1. The Balaban J connectivity index is 1.25. The van der Waals surface area contributed by atoms with E-state index in [-0.39, 0.29) is 17.5 Å². The van der Waals surface area contributed by atoms with Crippen molar-refractivity contribution < 1.29 is 9.53 Å². The number of nitrogens with zero attached hydrogens (tertiary/aromatic N) is 3. The van der Waals surface area contributed by atoms with Crippen molar-refractivity contribution in [2.75, 3.05) is 37.6 Å². The minimum atomic E-state index is -0.211. The highest BCUT2D eigenvalue weighted by Crippen LogP contribution is 2.41. The van der Waals surface area contributed by atoms with Crippen LogP contribution in [0.4, 0.5) is 5.69 Å². The predicted octanol–water partition coefficient (Wildman–Crippen LogP) is 2.96. The van der Waals surface area contributed by atoms with Crippen LogP contribution in [0.15, 0.2) is 24.5 Å². The molecule has 0 radical (unpaired) electrons. The number of cyclic esters (lactones) is 1. The maximum absolute atomic E-state index is 12.2. The lowest BCUT2D eigenvalue weighted by molar-refractivity contribution is -0.149. The number of ether oxygens (including phenoxy) is 1. The molecule has 4 heterocycles. The van der Waals surface area contributed by atoms with Gasteiger partial charge in [0.1, 0.15) is 6.10 Å². The lowest BCUT2D eigenvalue weighted by atomic mass is 9.79. The lowest BCUT2D eigenvalue weighted by Gasteiger charge is -2.23. The Morgan fingerprint density at radius 2 is 1.77 bits per heavy atom. The number of rotatable bonds is 6. The van der Waals surface area contributed by atoms with Gasteiger partial charge in [0.05, 0.1) is 5.41 Å². The number of fused-ring (bicyclic) bond motifs is 1. The van der Waals surface area contributed by atoms with E-state index in [2.05, 4.69) is 40.8 Å². The number of aromatic nitrogens is 1. The third-order valence-corrected chi connectivity index (χ3v) is 7.04. The highest BCUT2D eigenvalue weighted by atomic mass is 16.6. The van der Waals surface area contributed by atoms with E-state index >= 15 is 0 Å². The van der Waals surface area contributed by atoms with Crippen LogP contribution in [0.1, 0.15) is 39.5 Å². The van der Waals surface area contributed by atoms with Gasteiger partial charge < -0.3 is 14.5 Å². The molecule has 0 aromatic carbocycles. The summed E-state index contributed by atoms with van der Waals surface area (Å²) in [5.74, 6) is 1.57. The fraction of sp³-hybridized carbons (Fsp3) is 0.714. The third kappa shape index (κ3) is 3.22. The van der Waals surface area contributed by atoms with Crippen LogP contribution in [-0.2, 0) is 9.53 Å². The summed E-state index contributed by atoms with van der Waals surface area (Å²) in [5.41, 5.74) is 1.09. The second-order valence-electron chi connectivity index (χ2n) is 8.40. The highest BCUT2D eigenvalue weighted by Gasteiger charge is 2.46. The van der Waals surface area contributed by atoms with E-state index in [0.717, 1.165) is 57.2 Å². The van der Waals surface area contributed by atoms with Crippen molar-refractivity contribution in [2.45, 2.75) is 45.6 Å². The van der Waals surface area contributed by atoms with Crippen molar-refractivity contribution in [3.05, 3.63) is 24.5 Å². The van der Waals surface area contributed by atoms with E-state index in [1.165, 1.54) is 18.8 Å². The monoisotopic (exact) mass is 357 g/mol. The molecule has 3 aliphatic heterocycles. The zero-order valence-electron chi connectivity index (χ0n) is 16.1. The number of likely N-dealkylation sites (tertiary alicyclic amines) is 1. The quantitative estimate of drug-likeness (QED) is 0.733. The third-order valence-electron chi connectivity index (χ3n) is 7.04. The van der Waals surface area contributed by atoms with Crippen molar-refractivity contribution in [1.29, 1.82) is 0 Å². The smallest absolute Gasteiger partial charge is 0.312 e. The molecular weight excluding hydrogens is 326 g/mol. The van der Waals surface area contributed by atoms with Gasteiger partial charge in [0.15, 0.2) is 0 Å². The van der Waals surface area contributed by atoms with Crippen molar-refractivity contribution in [3.63, 3.8) is 0 Å². The van der Waals surface area contributed by atoms with E-state index in [4.69, 9.17) is 4.74 Å². The molecule has 3 aliphatic rings. The molecule has 1 aromatic heterocycles. The van der Waals surface area contributed by atoms with E-state index in [1.807, 2.05) is 12.4 Å². The van der Waals surface area contributed by atoms with Crippen LogP contribution in [0.25, 0.3) is 0 Å². The zero-order chi connectivity index (χ0) is 18.1. The van der Waals surface area contributed by atoms with Crippen molar-refractivity contribution in [2.24, 2.45) is 17.3 Å². The normalized spacial score (nSPS) is 30.6. The Morgan fingerprint density at radius 1 is 1.12 bits per heavy atom. The van der Waals surface area contributed by atoms with Crippen LogP contribution in [0.2, 0.25) is 0 Å². The van der Waals surface area contributed by atoms with Gasteiger partial charge in [0, 0.05) is 57.2 Å². The second kappa shape index (κ2) is 7.18. The molecule has 0 aliphatic carbocycles. The fourth-order valence-corrected chi connectivity index (χ4v) is 5.19. The molecule has 142 valence electrons. The van der Waals surface area contributed by atoms with Crippen LogP contribution in [0, 0.1) is 17.3 Å². The first-order valence-corrected chi connectivity index (χ1v) is 10.2. The Morgan fingerprint density at radius 3 is 2.35 bits per heavy atom. The SMILES string of the molecule is CCC1(CC)CC(CCN2CC3CN(c4ccncc4)CC3C2)OC1=O. The van der Waals surface area contributed by atoms with Crippen molar-refractivity contribution >= 4 is 11.7 Å². The van der Waals surface area contributed by atoms with Crippen LogP contribution in [0.3, 0.4) is 0 Å². The van der Waals surface area contributed by atoms with Gasteiger partial charge in [-0.2, -0.15) is 0 Å². The van der Waals surface area contributed by atoms with Crippen LogP contribution in [-0.4, -0.2) is 54.7 Å². The molecule has 26 heavy (non-hydrogen) atoms. The van der Waals surface area contributed by atoms with Gasteiger partial charge in [-0.15, -0.1) is 0 Å². The van der Waals surface area contributed by atoms with Gasteiger partial charge in [-0.1, -0.05) is 13.8 Å². The highest BCUT2D eigenvalue weighted by molar-refractivity contribution is 5.78. The summed E-state index contributed by atoms with van der Waals surface area (Å²) in [7, 11) is 0. The van der Waals surface area contributed by atoms with Gasteiger partial charge >= 0.3 is 5.97 Å². The average Bonchev–Trinajstić information content (AvgIpc) is 3.32. The van der Waals surface area contributed by atoms with Crippen LogP contribution in [0.5, 0.6) is 0 Å². The van der Waals surface area contributed by atoms with E-state index in [9.17, 15) is 4.79 Å². The molecular formula is C21H31N3O2. The number of carbonyl (C=O) groups excluding carboxylic acids is 1. The lowest BCUT2D eigenvalue weighted by Crippen LogP contribution is -2.30. The second-order valence-corrected chi connectivity index (χ2v) is 8.40. The number of hydrogen-bond acceptors (Lipinski definition) is 5. The first-order chi connectivity index (χ1) is 12.6. The summed E-state index contributed by atoms with van der Waals surface area (Å²) >= 11 is 0. The summed E-state index contributed by atoms with van der Waals surface area (Å²) in [5, 5.41) is 0. The Kier molecular flexibility index (Phi) is 4.91. The molecule has 0 bridgehead atoms. The molecule has 4 rings (SSSR count). The summed E-state index contributed by atoms with van der Waals surface area (Å²) in [6, 6.07) is 4.22. The van der Waals surface area contributed by atoms with Crippen LogP contribution >= 0.6 is 0 Å². The molecule has 3 fully saturated rings. The van der Waals surface area contributed by atoms with Crippen molar-refractivity contribution in [1.82, 2.24) is 9.88 Å². The van der Waals surface area contributed by atoms with E-state index < -0.39 is 0 Å². The molecule has 0 spiro atoms. The topological polar surface area (TPSA) is 45.7 Å². The standard InChI is InChI=1S/C21H31N3O2/c1-3-21(4-2)11-19(26-20(21)25)7-10-23-12-16-14-24(15-17(16)13-23)18-5-8-22-9-6-18/h5-6,8-9,16-17,19H,3-4,7,10-15H2,1-2H3. The number of hydrogen-bond donors (Lipinski definition) is 0. The molecule has 5 nitrogen and oxygen atoms in total. The Hall–Kier alpha value is -1.62. The fourth-order valence-electron chi connectivity index (χ4n) is 5.19. The van der Waals surface area contributed by atoms with Crippen LogP contribution < -0.4 is 4.90 Å². The van der Waals surface area contributed by atoms with E-state index in [1.54, 1.807) is 0 Å². The van der Waals surface area contributed by atoms with E-state index in [0.29, 0.717) is 0 Å². The molecule has 3 unspecified atom stereocenters. The molecule has 0 N–H and O–H groups in total. The van der Waals surface area contributed by atoms with Gasteiger partial charge in [-0.3, -0.25) is 9.78 Å². The molecule has 1 aromatic rings. The predicted molar refractivity (Wildman–Crippen MR) is 102 cm³/mol. The summed E-state index contributed by atoms with van der Waals surface area (Å²) < 4.78 is 5.71. The first-order valence-electron chi connectivity index (χ1n) is 10.2. The van der Waals surface area contributed by atoms with Gasteiger partial charge in [0.2, 0.25) is 0 Å². The summed E-state index contributed by atoms with van der Waals surface area (Å²) in [6.07, 6.45) is 7.58. The molecule has 0 saturated carbocycles. The zero-order valence-corrected chi connectivity index (χ0v) is 16.1. The Bertz CT molecular complexity index is 617. The number of esters is 1. The Labute approximate surface area is 156 Å². The number of carbonyl (C=O) groups is 1. The molecule has 5 heteroatoms. The maximum atomic E-state index is 12.2. The largest absolute Gasteiger partial charge is 0.462 e. The molecule has 0 amide bonds. The maximum Gasteiger partial charge on any atom is 0.312 e. The summed E-state index contributed by atoms with van der Waals surface area (Å²) in [4.78, 5) is 21.5. The minimum Gasteiger partial charge on any atom is -0.462 e. The van der Waals surface area contributed by atoms with Gasteiger partial charge in [-0.05, 0) is 43.2 Å². The molecule has 3 atom stereocenters. The van der Waals surface area contributed by atoms with Gasteiger partial charge in [0.25, 0.3) is 0 Å². The molecule has 3 saturated heterocycles. The number of anilines is 1. The summed E-state index contributed by atoms with van der Waals surface area (Å²) in [6.45, 7) is 9.95. The van der Waals surface area contributed by atoms with Gasteiger partial charge in [-0.25, -0.2) is 0 Å².